The summed E-state index contributed by atoms with van der Waals surface area (Å²) in [6, 6.07) is 6.22. The van der Waals surface area contributed by atoms with Crippen molar-refractivity contribution in [2.45, 2.75) is 18.9 Å². The van der Waals surface area contributed by atoms with Crippen LogP contribution in [0.15, 0.2) is 35.4 Å². The van der Waals surface area contributed by atoms with E-state index in [0.717, 1.165) is 33.1 Å². The highest BCUT2D eigenvalue weighted by Crippen LogP contribution is 2.36. The van der Waals surface area contributed by atoms with E-state index in [1.54, 1.807) is 6.08 Å². The molecule has 0 radical (unpaired) electrons. The van der Waals surface area contributed by atoms with E-state index in [9.17, 15) is 24.6 Å². The maximum Gasteiger partial charge on any atom is 0.266 e. The van der Waals surface area contributed by atoms with Crippen molar-refractivity contribution in [1.82, 2.24) is 9.47 Å². The molecule has 1 aromatic heterocycles. The van der Waals surface area contributed by atoms with Crippen molar-refractivity contribution >= 4 is 63.1 Å². The molecule has 1 aromatic carbocycles. The molecule has 27 heavy (non-hydrogen) atoms. The summed E-state index contributed by atoms with van der Waals surface area (Å²) in [5, 5.41) is 23.0. The number of fused-ring (bicyclic) bond motifs is 1. The standard InChI is InChI=1S/C18H16N2O5S2/c1-19-9-10(11-4-2-3-5-12(11)19)8-14-16(23)20(18(26)27-14)13(17(24)25)6-7-15(21)22/h2-5,8-9,13H,6-7H2,1H3,(H,21,22)(H,24,25)/p-2/b14-8-/t13-/m0/s1. The predicted octanol–water partition coefficient (Wildman–Crippen LogP) is 0.0281. The minimum absolute atomic E-state index is 0.0547. The average Bonchev–Trinajstić information content (AvgIpc) is 3.06. The molecule has 0 bridgehead atoms. The van der Waals surface area contributed by atoms with Gasteiger partial charge >= 0.3 is 0 Å². The summed E-state index contributed by atoms with van der Waals surface area (Å²) < 4.78 is 1.98. The first-order valence-electron chi connectivity index (χ1n) is 8.01. The molecule has 1 aliphatic heterocycles. The highest BCUT2D eigenvalue weighted by atomic mass is 32.2. The van der Waals surface area contributed by atoms with E-state index >= 15 is 0 Å². The van der Waals surface area contributed by atoms with Gasteiger partial charge in [0.1, 0.15) is 4.32 Å². The largest absolute Gasteiger partial charge is 0.550 e. The van der Waals surface area contributed by atoms with Crippen LogP contribution in [0.5, 0.6) is 0 Å². The predicted molar refractivity (Wildman–Crippen MR) is 101 cm³/mol. The van der Waals surface area contributed by atoms with E-state index in [0.29, 0.717) is 0 Å². The van der Waals surface area contributed by atoms with Gasteiger partial charge in [-0.15, -0.1) is 0 Å². The van der Waals surface area contributed by atoms with Crippen molar-refractivity contribution in [3.05, 3.63) is 40.9 Å². The number of para-hydroxylation sites is 1. The number of aryl methyl sites for hydroxylation is 1. The van der Waals surface area contributed by atoms with Gasteiger partial charge in [0.25, 0.3) is 5.91 Å². The summed E-state index contributed by atoms with van der Waals surface area (Å²) in [6.07, 6.45) is 2.67. The Morgan fingerprint density at radius 1 is 1.30 bits per heavy atom. The molecule has 0 unspecified atom stereocenters. The van der Waals surface area contributed by atoms with Crippen LogP contribution in [0.2, 0.25) is 0 Å². The lowest BCUT2D eigenvalue weighted by molar-refractivity contribution is -0.311. The van der Waals surface area contributed by atoms with Gasteiger partial charge in [-0.25, -0.2) is 0 Å². The van der Waals surface area contributed by atoms with Crippen molar-refractivity contribution in [2.75, 3.05) is 0 Å². The van der Waals surface area contributed by atoms with E-state index in [-0.39, 0.29) is 15.6 Å². The zero-order valence-electron chi connectivity index (χ0n) is 14.2. The lowest BCUT2D eigenvalue weighted by Crippen LogP contribution is -2.50. The van der Waals surface area contributed by atoms with Gasteiger partial charge in [0.15, 0.2) is 0 Å². The number of carboxylic acid groups (broad SMARTS) is 2. The van der Waals surface area contributed by atoms with E-state index in [1.165, 1.54) is 0 Å². The van der Waals surface area contributed by atoms with Crippen LogP contribution in [0.1, 0.15) is 18.4 Å². The molecule has 1 fully saturated rings. The number of hydrogen-bond acceptors (Lipinski definition) is 7. The minimum atomic E-state index is -1.56. The van der Waals surface area contributed by atoms with Crippen LogP contribution < -0.4 is 10.2 Å². The minimum Gasteiger partial charge on any atom is -0.550 e. The first kappa shape index (κ1) is 19.1. The second-order valence-electron chi connectivity index (χ2n) is 6.01. The maximum atomic E-state index is 12.7. The van der Waals surface area contributed by atoms with Crippen molar-refractivity contribution in [2.24, 2.45) is 7.05 Å². The number of thioether (sulfide) groups is 1. The summed E-state index contributed by atoms with van der Waals surface area (Å²) in [4.78, 5) is 36.0. The molecule has 1 aliphatic rings. The van der Waals surface area contributed by atoms with Crippen LogP contribution >= 0.6 is 24.0 Å². The number of carbonyl (C=O) groups excluding carboxylic acids is 3. The number of hydrogen-bond donors (Lipinski definition) is 0. The van der Waals surface area contributed by atoms with Crippen molar-refractivity contribution in [3.8, 4) is 0 Å². The van der Waals surface area contributed by atoms with E-state index < -0.39 is 30.3 Å². The number of thiocarbonyl (C=S) groups is 1. The summed E-state index contributed by atoms with van der Waals surface area (Å²) in [6.45, 7) is 0. The van der Waals surface area contributed by atoms with Crippen LogP contribution in [0, 0.1) is 0 Å². The summed E-state index contributed by atoms with van der Waals surface area (Å²) in [5.74, 6) is -3.54. The fraction of sp³-hybridized carbons (Fsp3) is 0.222. The monoisotopic (exact) mass is 402 g/mol. The van der Waals surface area contributed by atoms with Crippen LogP contribution in [0.4, 0.5) is 0 Å². The number of carboxylic acids is 2. The Kier molecular flexibility index (Phi) is 5.33. The zero-order valence-corrected chi connectivity index (χ0v) is 15.8. The van der Waals surface area contributed by atoms with Crippen molar-refractivity contribution < 1.29 is 24.6 Å². The van der Waals surface area contributed by atoms with Crippen LogP contribution in [0.25, 0.3) is 17.0 Å². The third-order valence-corrected chi connectivity index (χ3v) is 5.57. The molecule has 7 nitrogen and oxygen atoms in total. The van der Waals surface area contributed by atoms with E-state index in [1.807, 2.05) is 42.1 Å². The second kappa shape index (κ2) is 7.53. The van der Waals surface area contributed by atoms with Gasteiger partial charge in [0, 0.05) is 35.7 Å². The molecule has 3 rings (SSSR count). The molecule has 1 saturated heterocycles. The van der Waals surface area contributed by atoms with Gasteiger partial charge < -0.3 is 24.4 Å². The number of nitrogens with zero attached hydrogens (tertiary/aromatic N) is 2. The molecule has 1 amide bonds. The topological polar surface area (TPSA) is 106 Å². The van der Waals surface area contributed by atoms with Crippen LogP contribution in [0.3, 0.4) is 0 Å². The van der Waals surface area contributed by atoms with Crippen molar-refractivity contribution in [1.29, 1.82) is 0 Å². The van der Waals surface area contributed by atoms with E-state index in [4.69, 9.17) is 12.2 Å². The van der Waals surface area contributed by atoms with Gasteiger partial charge in [0.2, 0.25) is 0 Å². The van der Waals surface area contributed by atoms with Gasteiger partial charge in [-0.3, -0.25) is 9.69 Å². The molecule has 0 aliphatic carbocycles. The number of carbonyl (C=O) groups is 3. The lowest BCUT2D eigenvalue weighted by atomic mass is 10.1. The highest BCUT2D eigenvalue weighted by Gasteiger charge is 2.37. The molecule has 0 spiro atoms. The third-order valence-electron chi connectivity index (χ3n) is 4.24. The number of aromatic nitrogens is 1. The summed E-state index contributed by atoms with van der Waals surface area (Å²) >= 11 is 6.14. The normalized spacial score (nSPS) is 17.1. The Morgan fingerprint density at radius 3 is 2.67 bits per heavy atom. The fourth-order valence-electron chi connectivity index (χ4n) is 2.98. The fourth-order valence-corrected chi connectivity index (χ4v) is 4.33. The number of rotatable bonds is 6. The summed E-state index contributed by atoms with van der Waals surface area (Å²) in [7, 11) is 1.89. The van der Waals surface area contributed by atoms with Gasteiger partial charge in [-0.05, 0) is 25.0 Å². The maximum absolute atomic E-state index is 12.7. The quantitative estimate of drug-likeness (QED) is 0.496. The lowest BCUT2D eigenvalue weighted by Gasteiger charge is -2.27. The first-order valence-corrected chi connectivity index (χ1v) is 9.24. The molecule has 1 atom stereocenters. The first-order chi connectivity index (χ1) is 12.8. The van der Waals surface area contributed by atoms with Gasteiger partial charge in [-0.2, -0.15) is 0 Å². The van der Waals surface area contributed by atoms with Crippen LogP contribution in [-0.2, 0) is 21.4 Å². The van der Waals surface area contributed by atoms with E-state index in [2.05, 4.69) is 0 Å². The Hall–Kier alpha value is -2.65. The number of aliphatic carboxylic acids is 2. The third kappa shape index (κ3) is 3.74. The number of amides is 1. The Morgan fingerprint density at radius 2 is 2.00 bits per heavy atom. The smallest absolute Gasteiger partial charge is 0.266 e. The zero-order chi connectivity index (χ0) is 19.7. The van der Waals surface area contributed by atoms with Gasteiger partial charge in [-0.1, -0.05) is 42.2 Å². The molecule has 2 aromatic rings. The molecule has 0 N–H and O–H groups in total. The second-order valence-corrected chi connectivity index (χ2v) is 7.69. The van der Waals surface area contributed by atoms with Crippen molar-refractivity contribution in [3.63, 3.8) is 0 Å². The molecular formula is C18H14N2O5S2-2. The average molecular weight is 402 g/mol. The van der Waals surface area contributed by atoms with Crippen LogP contribution in [-0.4, -0.2) is 37.7 Å². The molecule has 0 saturated carbocycles. The number of benzene rings is 1. The molecule has 9 heteroatoms. The highest BCUT2D eigenvalue weighted by molar-refractivity contribution is 8.26. The molecular weight excluding hydrogens is 388 g/mol. The van der Waals surface area contributed by atoms with Gasteiger partial charge in [0.05, 0.1) is 16.9 Å². The Bertz CT molecular complexity index is 995. The Labute approximate surface area is 164 Å². The molecule has 2 heterocycles. The molecule has 140 valence electrons. The SMILES string of the molecule is Cn1cc(/C=C2\SC(=S)N([C@@H](CCC(=O)[O-])C(=O)[O-])C2=O)c2ccccc21. The Balaban J connectivity index is 1.94. The summed E-state index contributed by atoms with van der Waals surface area (Å²) in [5.41, 5.74) is 1.79.